The maximum absolute atomic E-state index is 5.83. The fraction of sp³-hybridized carbons (Fsp3) is 0.333. The number of fused-ring (bicyclic) bond motifs is 1. The molecule has 0 bridgehead atoms. The van der Waals surface area contributed by atoms with E-state index in [0.717, 1.165) is 17.3 Å². The average Bonchev–Trinajstić information content (AvgIpc) is 2.27. The zero-order valence-electron chi connectivity index (χ0n) is 5.19. The van der Waals surface area contributed by atoms with Crippen LogP contribution < -0.4 is 4.72 Å². The van der Waals surface area contributed by atoms with Crippen LogP contribution in [0.2, 0.25) is 4.34 Å². The van der Waals surface area contributed by atoms with E-state index >= 15 is 0 Å². The zero-order valence-corrected chi connectivity index (χ0v) is 7.57. The van der Waals surface area contributed by atoms with Crippen LogP contribution in [0.3, 0.4) is 0 Å². The van der Waals surface area contributed by atoms with Crippen LogP contribution in [0.25, 0.3) is 0 Å². The topological polar surface area (TPSA) is 12.0 Å². The second kappa shape index (κ2) is 2.74. The van der Waals surface area contributed by atoms with Crippen molar-refractivity contribution < 1.29 is 0 Å². The first-order chi connectivity index (χ1) is 4.86. The highest BCUT2D eigenvalue weighted by Crippen LogP contribution is 2.35. The molecule has 54 valence electrons. The monoisotopic (exact) mass is 191 g/mol. The lowest BCUT2D eigenvalue weighted by molar-refractivity contribution is 0.878. The van der Waals surface area contributed by atoms with Crippen molar-refractivity contribution in [1.82, 2.24) is 4.72 Å². The van der Waals surface area contributed by atoms with E-state index in [1.165, 1.54) is 9.77 Å². The van der Waals surface area contributed by atoms with E-state index in [1.54, 1.807) is 23.3 Å². The summed E-state index contributed by atoms with van der Waals surface area (Å²) in [5, 5.41) is 0. The van der Waals surface area contributed by atoms with Crippen molar-refractivity contribution in [3.8, 4) is 0 Å². The third kappa shape index (κ3) is 1.19. The molecule has 0 saturated heterocycles. The molecular weight excluding hydrogens is 186 g/mol. The molecule has 10 heavy (non-hydrogen) atoms. The average molecular weight is 192 g/mol. The quantitative estimate of drug-likeness (QED) is 0.633. The summed E-state index contributed by atoms with van der Waals surface area (Å²) in [6, 6.07) is 2.06. The lowest BCUT2D eigenvalue weighted by atomic mass is 10.2. The predicted molar refractivity (Wildman–Crippen MR) is 46.9 cm³/mol. The summed E-state index contributed by atoms with van der Waals surface area (Å²) < 4.78 is 5.46. The SMILES string of the molecule is Clc1cc2c(s1)SNCC2. The summed E-state index contributed by atoms with van der Waals surface area (Å²) in [7, 11) is 0. The standard InChI is InChI=1S/C6H6ClNS2/c7-5-3-4-1-2-8-10-6(4)9-5/h3,8H,1-2H2. The van der Waals surface area contributed by atoms with Crippen molar-refractivity contribution in [2.24, 2.45) is 0 Å². The van der Waals surface area contributed by atoms with Crippen molar-refractivity contribution >= 4 is 34.9 Å². The van der Waals surface area contributed by atoms with Gasteiger partial charge in [-0.2, -0.15) is 0 Å². The minimum atomic E-state index is 0.904. The van der Waals surface area contributed by atoms with Gasteiger partial charge >= 0.3 is 0 Å². The lowest BCUT2D eigenvalue weighted by Gasteiger charge is -2.09. The molecule has 0 amide bonds. The Balaban J connectivity index is 2.41. The van der Waals surface area contributed by atoms with Gasteiger partial charge in [-0.3, -0.25) is 4.72 Å². The third-order valence-electron chi connectivity index (χ3n) is 1.40. The Morgan fingerprint density at radius 3 is 3.30 bits per heavy atom. The Kier molecular flexibility index (Phi) is 1.91. The Morgan fingerprint density at radius 2 is 2.50 bits per heavy atom. The van der Waals surface area contributed by atoms with Crippen LogP contribution in [-0.4, -0.2) is 6.54 Å². The Labute approximate surface area is 72.9 Å². The molecule has 0 aromatic carbocycles. The van der Waals surface area contributed by atoms with E-state index < -0.39 is 0 Å². The fourth-order valence-corrected chi connectivity index (χ4v) is 3.35. The van der Waals surface area contributed by atoms with Gasteiger partial charge in [0.25, 0.3) is 0 Å². The first-order valence-electron chi connectivity index (χ1n) is 3.04. The second-order valence-electron chi connectivity index (χ2n) is 2.11. The maximum Gasteiger partial charge on any atom is 0.0943 e. The molecule has 0 fully saturated rings. The first kappa shape index (κ1) is 6.98. The number of hydrogen-bond acceptors (Lipinski definition) is 3. The van der Waals surface area contributed by atoms with Gasteiger partial charge in [0.05, 0.1) is 8.55 Å². The van der Waals surface area contributed by atoms with Gasteiger partial charge in [0.2, 0.25) is 0 Å². The molecule has 2 rings (SSSR count). The number of thiophene rings is 1. The molecule has 1 aromatic rings. The van der Waals surface area contributed by atoms with Gasteiger partial charge in [-0.25, -0.2) is 0 Å². The molecule has 2 heterocycles. The number of halogens is 1. The van der Waals surface area contributed by atoms with E-state index in [9.17, 15) is 0 Å². The molecule has 0 spiro atoms. The smallest absolute Gasteiger partial charge is 0.0943 e. The van der Waals surface area contributed by atoms with Crippen molar-refractivity contribution in [3.05, 3.63) is 16.0 Å². The summed E-state index contributed by atoms with van der Waals surface area (Å²) in [4.78, 5) is 0. The highest BCUT2D eigenvalue weighted by Gasteiger charge is 2.12. The summed E-state index contributed by atoms with van der Waals surface area (Å²) in [6.45, 7) is 1.06. The predicted octanol–water partition coefficient (Wildman–Crippen LogP) is 2.55. The molecule has 0 aliphatic carbocycles. The van der Waals surface area contributed by atoms with Gasteiger partial charge in [-0.1, -0.05) is 11.6 Å². The van der Waals surface area contributed by atoms with Crippen LogP contribution in [0.1, 0.15) is 5.56 Å². The normalized spacial score (nSPS) is 16.9. The van der Waals surface area contributed by atoms with Crippen molar-refractivity contribution in [1.29, 1.82) is 0 Å². The highest BCUT2D eigenvalue weighted by molar-refractivity contribution is 7.99. The minimum absolute atomic E-state index is 0.904. The summed E-state index contributed by atoms with van der Waals surface area (Å²) >= 11 is 9.18. The Hall–Kier alpha value is 0.300. The number of hydrogen-bond donors (Lipinski definition) is 1. The molecule has 1 aliphatic heterocycles. The lowest BCUT2D eigenvalue weighted by Crippen LogP contribution is -2.12. The van der Waals surface area contributed by atoms with Gasteiger partial charge < -0.3 is 0 Å². The third-order valence-corrected chi connectivity index (χ3v) is 3.80. The molecule has 0 radical (unpaired) electrons. The van der Waals surface area contributed by atoms with Crippen LogP contribution in [0.15, 0.2) is 10.3 Å². The van der Waals surface area contributed by atoms with Crippen molar-refractivity contribution in [2.75, 3.05) is 6.54 Å². The highest BCUT2D eigenvalue weighted by atomic mass is 35.5. The maximum atomic E-state index is 5.83. The van der Waals surface area contributed by atoms with E-state index in [4.69, 9.17) is 11.6 Å². The number of nitrogens with one attached hydrogen (secondary N) is 1. The summed E-state index contributed by atoms with van der Waals surface area (Å²) in [5.41, 5.74) is 1.40. The summed E-state index contributed by atoms with van der Waals surface area (Å²) in [5.74, 6) is 0. The molecule has 0 atom stereocenters. The molecule has 4 heteroatoms. The summed E-state index contributed by atoms with van der Waals surface area (Å²) in [6.07, 6.45) is 1.12. The van der Waals surface area contributed by atoms with Gasteiger partial charge in [0.1, 0.15) is 0 Å². The molecule has 1 nitrogen and oxygen atoms in total. The van der Waals surface area contributed by atoms with Crippen LogP contribution in [0.5, 0.6) is 0 Å². The van der Waals surface area contributed by atoms with Gasteiger partial charge in [-0.05, 0) is 30.0 Å². The fourth-order valence-electron chi connectivity index (χ4n) is 0.942. The van der Waals surface area contributed by atoms with E-state index in [0.29, 0.717) is 0 Å². The second-order valence-corrected chi connectivity index (χ2v) is 4.95. The number of rotatable bonds is 0. The van der Waals surface area contributed by atoms with Crippen LogP contribution in [0, 0.1) is 0 Å². The first-order valence-corrected chi connectivity index (χ1v) is 5.05. The van der Waals surface area contributed by atoms with Gasteiger partial charge in [-0.15, -0.1) is 11.3 Å². The van der Waals surface area contributed by atoms with Crippen LogP contribution in [-0.2, 0) is 6.42 Å². The molecule has 0 unspecified atom stereocenters. The van der Waals surface area contributed by atoms with Crippen LogP contribution >= 0.6 is 34.9 Å². The minimum Gasteiger partial charge on any atom is -0.259 e. The molecule has 0 saturated carbocycles. The Morgan fingerprint density at radius 1 is 1.60 bits per heavy atom. The van der Waals surface area contributed by atoms with Gasteiger partial charge in [0, 0.05) is 6.54 Å². The van der Waals surface area contributed by atoms with Crippen molar-refractivity contribution in [2.45, 2.75) is 10.6 Å². The molecule has 1 aliphatic rings. The molecule has 1 aromatic heterocycles. The zero-order chi connectivity index (χ0) is 6.97. The van der Waals surface area contributed by atoms with E-state index in [1.807, 2.05) is 0 Å². The van der Waals surface area contributed by atoms with E-state index in [-0.39, 0.29) is 0 Å². The van der Waals surface area contributed by atoms with Crippen LogP contribution in [0.4, 0.5) is 0 Å². The molecular formula is C6H6ClNS2. The largest absolute Gasteiger partial charge is 0.259 e. The molecule has 1 N–H and O–H groups in total. The van der Waals surface area contributed by atoms with E-state index in [2.05, 4.69) is 10.8 Å². The Bertz CT molecular complexity index is 222. The van der Waals surface area contributed by atoms with Crippen molar-refractivity contribution in [3.63, 3.8) is 0 Å². The van der Waals surface area contributed by atoms with Gasteiger partial charge in [0.15, 0.2) is 0 Å².